The van der Waals surface area contributed by atoms with Gasteiger partial charge in [-0.1, -0.05) is 12.1 Å². The van der Waals surface area contributed by atoms with E-state index in [0.29, 0.717) is 0 Å². The standard InChI is InChI=1S/C10H11NO4/c1-10(15,9(11)14)7-4-2-6(3-5-7)8(12)13/h2-5,15H,1H3,(H2,11,14)(H,12,13)/t10-/m1/s1. The number of rotatable bonds is 3. The summed E-state index contributed by atoms with van der Waals surface area (Å²) in [5.41, 5.74) is 3.56. The van der Waals surface area contributed by atoms with Crippen LogP contribution in [0.3, 0.4) is 0 Å². The zero-order valence-corrected chi connectivity index (χ0v) is 8.10. The van der Waals surface area contributed by atoms with E-state index < -0.39 is 17.5 Å². The predicted octanol–water partition coefficient (Wildman–Crippen LogP) is 0.0776. The molecule has 4 N–H and O–H groups in total. The molecule has 15 heavy (non-hydrogen) atoms. The SMILES string of the molecule is C[C@](O)(C(N)=O)c1ccc(C(=O)O)cc1. The molecule has 0 aliphatic carbocycles. The van der Waals surface area contributed by atoms with Gasteiger partial charge in [-0.15, -0.1) is 0 Å². The Kier molecular flexibility index (Phi) is 2.76. The summed E-state index contributed by atoms with van der Waals surface area (Å²) < 4.78 is 0. The summed E-state index contributed by atoms with van der Waals surface area (Å²) in [4.78, 5) is 21.4. The fraction of sp³-hybridized carbons (Fsp3) is 0.200. The lowest BCUT2D eigenvalue weighted by molar-refractivity contribution is -0.135. The van der Waals surface area contributed by atoms with Crippen molar-refractivity contribution < 1.29 is 19.8 Å². The van der Waals surface area contributed by atoms with Crippen LogP contribution in [0.1, 0.15) is 22.8 Å². The highest BCUT2D eigenvalue weighted by Crippen LogP contribution is 2.20. The van der Waals surface area contributed by atoms with E-state index in [-0.39, 0.29) is 11.1 Å². The average molecular weight is 209 g/mol. The van der Waals surface area contributed by atoms with Crippen molar-refractivity contribution >= 4 is 11.9 Å². The van der Waals surface area contributed by atoms with Crippen LogP contribution < -0.4 is 5.73 Å². The van der Waals surface area contributed by atoms with Crippen LogP contribution in [0.4, 0.5) is 0 Å². The lowest BCUT2D eigenvalue weighted by Gasteiger charge is -2.19. The molecule has 5 nitrogen and oxygen atoms in total. The summed E-state index contributed by atoms with van der Waals surface area (Å²) in [6, 6.07) is 5.31. The van der Waals surface area contributed by atoms with Gasteiger partial charge in [-0.05, 0) is 24.6 Å². The van der Waals surface area contributed by atoms with Crippen LogP contribution in [0.15, 0.2) is 24.3 Å². The molecule has 1 rings (SSSR count). The summed E-state index contributed by atoms with van der Waals surface area (Å²) in [5, 5.41) is 18.3. The number of aromatic carboxylic acids is 1. The number of carboxylic acids is 1. The van der Waals surface area contributed by atoms with Crippen LogP contribution in [-0.2, 0) is 10.4 Å². The van der Waals surface area contributed by atoms with Gasteiger partial charge in [-0.2, -0.15) is 0 Å². The highest BCUT2D eigenvalue weighted by Gasteiger charge is 2.29. The highest BCUT2D eigenvalue weighted by molar-refractivity contribution is 5.88. The van der Waals surface area contributed by atoms with E-state index in [1.807, 2.05) is 0 Å². The smallest absolute Gasteiger partial charge is 0.335 e. The number of hydrogen-bond acceptors (Lipinski definition) is 3. The monoisotopic (exact) mass is 209 g/mol. The molecule has 5 heteroatoms. The Bertz CT molecular complexity index is 394. The van der Waals surface area contributed by atoms with Crippen molar-refractivity contribution in [2.24, 2.45) is 5.73 Å². The quantitative estimate of drug-likeness (QED) is 0.656. The van der Waals surface area contributed by atoms with Gasteiger partial charge in [0.1, 0.15) is 0 Å². The molecule has 0 bridgehead atoms. The van der Waals surface area contributed by atoms with E-state index >= 15 is 0 Å². The average Bonchev–Trinajstić information content (AvgIpc) is 2.17. The molecule has 0 spiro atoms. The van der Waals surface area contributed by atoms with E-state index in [2.05, 4.69) is 0 Å². The number of aliphatic hydroxyl groups is 1. The zero-order chi connectivity index (χ0) is 11.6. The largest absolute Gasteiger partial charge is 0.478 e. The maximum absolute atomic E-state index is 10.9. The topological polar surface area (TPSA) is 101 Å². The molecule has 0 unspecified atom stereocenters. The number of nitrogens with two attached hydrogens (primary N) is 1. The molecule has 0 saturated heterocycles. The molecule has 0 aliphatic heterocycles. The van der Waals surface area contributed by atoms with Crippen molar-refractivity contribution in [2.45, 2.75) is 12.5 Å². The fourth-order valence-electron chi connectivity index (χ4n) is 1.08. The van der Waals surface area contributed by atoms with Gasteiger partial charge in [0.25, 0.3) is 5.91 Å². The van der Waals surface area contributed by atoms with Gasteiger partial charge in [0.2, 0.25) is 0 Å². The number of amides is 1. The van der Waals surface area contributed by atoms with Crippen molar-refractivity contribution in [1.29, 1.82) is 0 Å². The molecule has 0 aliphatic rings. The highest BCUT2D eigenvalue weighted by atomic mass is 16.4. The van der Waals surface area contributed by atoms with Crippen molar-refractivity contribution in [1.82, 2.24) is 0 Å². The predicted molar refractivity (Wildman–Crippen MR) is 52.2 cm³/mol. The van der Waals surface area contributed by atoms with Crippen LogP contribution in [0, 0.1) is 0 Å². The van der Waals surface area contributed by atoms with E-state index in [9.17, 15) is 14.7 Å². The molecule has 80 valence electrons. The Morgan fingerprint density at radius 1 is 1.27 bits per heavy atom. The van der Waals surface area contributed by atoms with Gasteiger partial charge in [0.05, 0.1) is 5.56 Å². The zero-order valence-electron chi connectivity index (χ0n) is 8.10. The normalized spacial score (nSPS) is 14.3. The van der Waals surface area contributed by atoms with E-state index in [1.54, 1.807) is 0 Å². The molecule has 0 radical (unpaired) electrons. The van der Waals surface area contributed by atoms with E-state index in [1.165, 1.54) is 31.2 Å². The Morgan fingerprint density at radius 3 is 2.07 bits per heavy atom. The molecular weight excluding hydrogens is 198 g/mol. The Hall–Kier alpha value is -1.88. The molecule has 1 atom stereocenters. The van der Waals surface area contributed by atoms with Gasteiger partial charge in [-0.25, -0.2) is 4.79 Å². The minimum absolute atomic E-state index is 0.0824. The van der Waals surface area contributed by atoms with Crippen LogP contribution >= 0.6 is 0 Å². The lowest BCUT2D eigenvalue weighted by Crippen LogP contribution is -2.38. The van der Waals surface area contributed by atoms with Gasteiger partial charge in [0, 0.05) is 0 Å². The molecular formula is C10H11NO4. The Balaban J connectivity index is 3.09. The summed E-state index contributed by atoms with van der Waals surface area (Å²) in [7, 11) is 0. The molecule has 0 saturated carbocycles. The second-order valence-corrected chi connectivity index (χ2v) is 3.32. The number of primary amides is 1. The lowest BCUT2D eigenvalue weighted by atomic mass is 9.94. The van der Waals surface area contributed by atoms with Gasteiger partial charge < -0.3 is 15.9 Å². The summed E-state index contributed by atoms with van der Waals surface area (Å²) in [5.74, 6) is -1.95. The maximum atomic E-state index is 10.9. The second-order valence-electron chi connectivity index (χ2n) is 3.32. The molecule has 0 fully saturated rings. The van der Waals surface area contributed by atoms with Crippen LogP contribution in [0.25, 0.3) is 0 Å². The Labute approximate surface area is 86.1 Å². The fourth-order valence-corrected chi connectivity index (χ4v) is 1.08. The molecule has 1 amide bonds. The summed E-state index contributed by atoms with van der Waals surface area (Å²) in [6.45, 7) is 1.26. The van der Waals surface area contributed by atoms with Crippen LogP contribution in [-0.4, -0.2) is 22.1 Å². The van der Waals surface area contributed by atoms with E-state index in [4.69, 9.17) is 10.8 Å². The van der Waals surface area contributed by atoms with Crippen LogP contribution in [0.2, 0.25) is 0 Å². The minimum atomic E-state index is -1.78. The van der Waals surface area contributed by atoms with Gasteiger partial charge in [0.15, 0.2) is 5.60 Å². The summed E-state index contributed by atoms with van der Waals surface area (Å²) in [6.07, 6.45) is 0. The molecule has 1 aromatic carbocycles. The first-order chi connectivity index (χ1) is 6.85. The molecule has 0 aromatic heterocycles. The van der Waals surface area contributed by atoms with Crippen molar-refractivity contribution in [2.75, 3.05) is 0 Å². The van der Waals surface area contributed by atoms with E-state index in [0.717, 1.165) is 0 Å². The van der Waals surface area contributed by atoms with Crippen molar-refractivity contribution in [3.8, 4) is 0 Å². The van der Waals surface area contributed by atoms with Gasteiger partial charge >= 0.3 is 5.97 Å². The Morgan fingerprint density at radius 2 is 1.73 bits per heavy atom. The van der Waals surface area contributed by atoms with Crippen LogP contribution in [0.5, 0.6) is 0 Å². The third-order valence-corrected chi connectivity index (χ3v) is 2.17. The number of carbonyl (C=O) groups excluding carboxylic acids is 1. The summed E-state index contributed by atoms with van der Waals surface area (Å²) >= 11 is 0. The van der Waals surface area contributed by atoms with Crippen molar-refractivity contribution in [3.63, 3.8) is 0 Å². The van der Waals surface area contributed by atoms with Gasteiger partial charge in [-0.3, -0.25) is 4.79 Å². The third-order valence-electron chi connectivity index (χ3n) is 2.17. The number of carboxylic acid groups (broad SMARTS) is 1. The minimum Gasteiger partial charge on any atom is -0.478 e. The third kappa shape index (κ3) is 2.13. The van der Waals surface area contributed by atoms with Crippen molar-refractivity contribution in [3.05, 3.63) is 35.4 Å². The second kappa shape index (κ2) is 3.70. The maximum Gasteiger partial charge on any atom is 0.335 e. The molecule has 1 aromatic rings. The molecule has 0 heterocycles. The number of hydrogen-bond donors (Lipinski definition) is 3. The number of carbonyl (C=O) groups is 2. The number of benzene rings is 1. The first-order valence-electron chi connectivity index (χ1n) is 4.22. The first kappa shape index (κ1) is 11.2. The first-order valence-corrected chi connectivity index (χ1v) is 4.22.